The van der Waals surface area contributed by atoms with Crippen LogP contribution >= 0.6 is 0 Å². The molecule has 1 aromatic heterocycles. The minimum absolute atomic E-state index is 0.145. The largest absolute Gasteiger partial charge is 0.497 e. The third kappa shape index (κ3) is 5.73. The molecule has 0 aliphatic carbocycles. The number of aromatic nitrogens is 2. The van der Waals surface area contributed by atoms with Crippen LogP contribution in [0.15, 0.2) is 53.1 Å². The van der Waals surface area contributed by atoms with Gasteiger partial charge in [-0.2, -0.15) is 4.98 Å². The van der Waals surface area contributed by atoms with E-state index in [-0.39, 0.29) is 5.91 Å². The van der Waals surface area contributed by atoms with Gasteiger partial charge in [0.15, 0.2) is 0 Å². The Labute approximate surface area is 189 Å². The normalized spacial score (nSPS) is 14.9. The third-order valence-electron chi connectivity index (χ3n) is 5.84. The second-order valence-electron chi connectivity index (χ2n) is 8.24. The Morgan fingerprint density at radius 3 is 2.56 bits per heavy atom. The molecule has 0 atom stereocenters. The van der Waals surface area contributed by atoms with Crippen LogP contribution in [0.2, 0.25) is 0 Å². The van der Waals surface area contributed by atoms with Crippen molar-refractivity contribution in [1.82, 2.24) is 19.9 Å². The first-order valence-corrected chi connectivity index (χ1v) is 11.1. The maximum Gasteiger partial charge on any atom is 0.227 e. The lowest BCUT2D eigenvalue weighted by Gasteiger charge is -2.22. The first-order valence-electron chi connectivity index (χ1n) is 11.1. The van der Waals surface area contributed by atoms with E-state index in [1.807, 2.05) is 29.2 Å². The minimum atomic E-state index is 0.145. The quantitative estimate of drug-likeness (QED) is 0.564. The number of amides is 1. The molecular weight excluding hydrogens is 404 g/mol. The first kappa shape index (κ1) is 22.0. The van der Waals surface area contributed by atoms with Crippen LogP contribution in [0.4, 0.5) is 0 Å². The molecule has 4 rings (SSSR count). The molecule has 2 heterocycles. The lowest BCUT2D eigenvalue weighted by molar-refractivity contribution is -0.131. The van der Waals surface area contributed by atoms with E-state index >= 15 is 0 Å². The molecule has 0 N–H and O–H groups in total. The molecule has 1 amide bonds. The molecule has 7 nitrogen and oxygen atoms in total. The molecule has 1 saturated heterocycles. The predicted molar refractivity (Wildman–Crippen MR) is 122 cm³/mol. The summed E-state index contributed by atoms with van der Waals surface area (Å²) < 4.78 is 10.5. The van der Waals surface area contributed by atoms with Gasteiger partial charge < -0.3 is 14.2 Å². The van der Waals surface area contributed by atoms with E-state index in [4.69, 9.17) is 9.26 Å². The van der Waals surface area contributed by atoms with Crippen molar-refractivity contribution < 1.29 is 14.1 Å². The highest BCUT2D eigenvalue weighted by molar-refractivity contribution is 5.76. The second-order valence-corrected chi connectivity index (χ2v) is 8.24. The van der Waals surface area contributed by atoms with Gasteiger partial charge in [-0.1, -0.05) is 35.0 Å². The summed E-state index contributed by atoms with van der Waals surface area (Å²) in [7, 11) is 1.63. The van der Waals surface area contributed by atoms with Gasteiger partial charge in [0, 0.05) is 51.1 Å². The van der Waals surface area contributed by atoms with E-state index < -0.39 is 0 Å². The van der Waals surface area contributed by atoms with Gasteiger partial charge in [0.1, 0.15) is 5.75 Å². The van der Waals surface area contributed by atoms with E-state index in [0.717, 1.165) is 50.5 Å². The number of carbonyl (C=O) groups excluding carboxylic acids is 1. The minimum Gasteiger partial charge on any atom is -0.497 e. The Hall–Kier alpha value is -3.19. The summed E-state index contributed by atoms with van der Waals surface area (Å²) in [5.74, 6) is 1.93. The van der Waals surface area contributed by atoms with Crippen molar-refractivity contribution in [2.24, 2.45) is 0 Å². The van der Waals surface area contributed by atoms with E-state index in [9.17, 15) is 4.79 Å². The van der Waals surface area contributed by atoms with Crippen LogP contribution < -0.4 is 4.74 Å². The molecule has 1 fully saturated rings. The monoisotopic (exact) mass is 434 g/mol. The van der Waals surface area contributed by atoms with Crippen molar-refractivity contribution in [2.75, 3.05) is 33.3 Å². The van der Waals surface area contributed by atoms with Crippen molar-refractivity contribution >= 4 is 5.91 Å². The van der Waals surface area contributed by atoms with Crippen molar-refractivity contribution in [3.63, 3.8) is 0 Å². The van der Waals surface area contributed by atoms with E-state index in [0.29, 0.717) is 24.6 Å². The summed E-state index contributed by atoms with van der Waals surface area (Å²) in [6.45, 7) is 6.48. The average molecular weight is 435 g/mol. The van der Waals surface area contributed by atoms with Crippen molar-refractivity contribution in [3.05, 3.63) is 65.5 Å². The highest BCUT2D eigenvalue weighted by atomic mass is 16.5. The number of rotatable bonds is 7. The number of hydrogen-bond acceptors (Lipinski definition) is 6. The lowest BCUT2D eigenvalue weighted by atomic mass is 10.1. The molecule has 0 radical (unpaired) electrons. The fourth-order valence-electron chi connectivity index (χ4n) is 3.92. The molecule has 0 unspecified atom stereocenters. The van der Waals surface area contributed by atoms with Gasteiger partial charge in [0.05, 0.1) is 7.11 Å². The van der Waals surface area contributed by atoms with E-state index in [1.165, 1.54) is 11.1 Å². The van der Waals surface area contributed by atoms with E-state index in [1.54, 1.807) is 7.11 Å². The van der Waals surface area contributed by atoms with Crippen molar-refractivity contribution in [2.45, 2.75) is 32.7 Å². The van der Waals surface area contributed by atoms with Gasteiger partial charge >= 0.3 is 0 Å². The summed E-state index contributed by atoms with van der Waals surface area (Å²) >= 11 is 0. The molecule has 1 aliphatic heterocycles. The Bertz CT molecular complexity index is 1010. The first-order chi connectivity index (χ1) is 15.6. The average Bonchev–Trinajstić information content (AvgIpc) is 3.17. The van der Waals surface area contributed by atoms with Gasteiger partial charge in [-0.15, -0.1) is 0 Å². The maximum atomic E-state index is 12.8. The van der Waals surface area contributed by atoms with E-state index in [2.05, 4.69) is 46.2 Å². The fraction of sp³-hybridized carbons (Fsp3) is 0.400. The molecular formula is C25H30N4O3. The Balaban J connectivity index is 1.26. The molecule has 32 heavy (non-hydrogen) atoms. The smallest absolute Gasteiger partial charge is 0.227 e. The molecule has 7 heteroatoms. The molecule has 168 valence electrons. The number of ether oxygens (including phenoxy) is 1. The number of aryl methyl sites for hydroxylation is 2. The van der Waals surface area contributed by atoms with Gasteiger partial charge in [-0.3, -0.25) is 9.69 Å². The van der Waals surface area contributed by atoms with Crippen LogP contribution in [0.5, 0.6) is 5.75 Å². The lowest BCUT2D eigenvalue weighted by Crippen LogP contribution is -2.35. The highest BCUT2D eigenvalue weighted by Crippen LogP contribution is 2.20. The summed E-state index contributed by atoms with van der Waals surface area (Å²) in [5.41, 5.74) is 3.45. The molecule has 0 spiro atoms. The zero-order valence-electron chi connectivity index (χ0n) is 18.8. The van der Waals surface area contributed by atoms with Crippen LogP contribution in [-0.2, 0) is 17.8 Å². The van der Waals surface area contributed by atoms with Crippen LogP contribution in [-0.4, -0.2) is 59.1 Å². The molecule has 2 aromatic carbocycles. The summed E-state index contributed by atoms with van der Waals surface area (Å²) in [5, 5.41) is 4.04. The van der Waals surface area contributed by atoms with Gasteiger partial charge in [-0.25, -0.2) is 0 Å². The zero-order chi connectivity index (χ0) is 22.3. The Kier molecular flexibility index (Phi) is 7.17. The number of carbonyl (C=O) groups is 1. The zero-order valence-corrected chi connectivity index (χ0v) is 18.8. The summed E-state index contributed by atoms with van der Waals surface area (Å²) in [6.07, 6.45) is 1.81. The van der Waals surface area contributed by atoms with Crippen molar-refractivity contribution in [3.8, 4) is 17.1 Å². The van der Waals surface area contributed by atoms with Gasteiger partial charge in [0.2, 0.25) is 17.6 Å². The predicted octanol–water partition coefficient (Wildman–Crippen LogP) is 3.72. The standard InChI is InChI=1S/C25H30N4O3/c1-19-4-6-20(7-5-19)18-28-14-3-15-29(17-16-28)24(30)13-12-23-26-25(27-32-23)21-8-10-22(31-2)11-9-21/h4-11H,3,12-18H2,1-2H3. The number of benzene rings is 2. The van der Waals surface area contributed by atoms with Crippen LogP contribution in [0.25, 0.3) is 11.4 Å². The topological polar surface area (TPSA) is 71.7 Å². The maximum absolute atomic E-state index is 12.8. The molecule has 0 bridgehead atoms. The summed E-state index contributed by atoms with van der Waals surface area (Å²) in [6, 6.07) is 16.2. The highest BCUT2D eigenvalue weighted by Gasteiger charge is 2.20. The van der Waals surface area contributed by atoms with Gasteiger partial charge in [0.25, 0.3) is 0 Å². The summed E-state index contributed by atoms with van der Waals surface area (Å²) in [4.78, 5) is 21.6. The third-order valence-corrected chi connectivity index (χ3v) is 5.84. The number of hydrogen-bond donors (Lipinski definition) is 0. The SMILES string of the molecule is COc1ccc(-c2noc(CCC(=O)N3CCCN(Cc4ccc(C)cc4)CC3)n2)cc1. The number of methoxy groups -OCH3 is 1. The fourth-order valence-corrected chi connectivity index (χ4v) is 3.92. The van der Waals surface area contributed by atoms with Crippen LogP contribution in [0, 0.1) is 6.92 Å². The molecule has 1 aliphatic rings. The van der Waals surface area contributed by atoms with Crippen LogP contribution in [0.3, 0.4) is 0 Å². The molecule has 3 aromatic rings. The Morgan fingerprint density at radius 1 is 1.03 bits per heavy atom. The molecule has 0 saturated carbocycles. The van der Waals surface area contributed by atoms with Crippen molar-refractivity contribution in [1.29, 1.82) is 0 Å². The Morgan fingerprint density at radius 2 is 1.81 bits per heavy atom. The van der Waals surface area contributed by atoms with Gasteiger partial charge in [-0.05, 0) is 43.2 Å². The number of nitrogens with zero attached hydrogens (tertiary/aromatic N) is 4. The van der Waals surface area contributed by atoms with Crippen LogP contribution in [0.1, 0.15) is 29.9 Å². The second kappa shape index (κ2) is 10.4.